The third-order valence-electron chi connectivity index (χ3n) is 12.9. The first-order valence-electron chi connectivity index (χ1n) is 26.1. The maximum absolute atomic E-state index is 13.2. The normalized spacial score (nSPS) is 27.2. The van der Waals surface area contributed by atoms with E-state index in [1.165, 1.54) is 89.9 Å². The molecule has 2 fully saturated rings. The average molecular weight is 930 g/mol. The summed E-state index contributed by atoms with van der Waals surface area (Å²) in [6, 6.07) is -0.833. The molecular weight excluding hydrogens is 835 g/mol. The standard InChI is InChI=1S/C51H95NO13/c1-3-5-7-9-11-13-15-17-18-19-20-21-23-24-26-28-30-32-34-40(55)39(52-43(56)35-33-31-29-27-25-22-16-14-12-10-8-6-4-2)38-62-50-48(61)46(59)49(42(37-54)64-50)65-51-47(60)45(58)44(57)41(36-53)63-51/h8,10,14,16,39-42,44-51,53-55,57-61H,3-7,9,11-13,15,17-38H2,1-2H3,(H,52,56)/b10-8-,16-14-. The van der Waals surface area contributed by atoms with Crippen molar-refractivity contribution in [3.8, 4) is 0 Å². The average Bonchev–Trinajstić information content (AvgIpc) is 3.30. The molecule has 382 valence electrons. The van der Waals surface area contributed by atoms with E-state index in [0.717, 1.165) is 77.0 Å². The van der Waals surface area contributed by atoms with Gasteiger partial charge in [-0.15, -0.1) is 0 Å². The molecular formula is C51H95NO13. The van der Waals surface area contributed by atoms with Crippen molar-refractivity contribution in [1.82, 2.24) is 5.32 Å². The summed E-state index contributed by atoms with van der Waals surface area (Å²) in [5.74, 6) is -0.221. The summed E-state index contributed by atoms with van der Waals surface area (Å²) in [7, 11) is 0. The van der Waals surface area contributed by atoms with Crippen molar-refractivity contribution in [2.24, 2.45) is 0 Å². The highest BCUT2D eigenvalue weighted by Crippen LogP contribution is 2.30. The number of unbranched alkanes of at least 4 members (excludes halogenated alkanes) is 23. The van der Waals surface area contributed by atoms with Crippen molar-refractivity contribution in [3.63, 3.8) is 0 Å². The second-order valence-corrected chi connectivity index (χ2v) is 18.7. The highest BCUT2D eigenvalue weighted by Gasteiger charge is 2.51. The van der Waals surface area contributed by atoms with Gasteiger partial charge in [-0.25, -0.2) is 0 Å². The summed E-state index contributed by atoms with van der Waals surface area (Å²) < 4.78 is 22.7. The van der Waals surface area contributed by atoms with Crippen molar-refractivity contribution in [2.45, 2.75) is 274 Å². The smallest absolute Gasteiger partial charge is 0.220 e. The Bertz CT molecular complexity index is 1190. The fourth-order valence-corrected chi connectivity index (χ4v) is 8.63. The Labute approximate surface area is 392 Å². The number of allylic oxidation sites excluding steroid dienone is 4. The van der Waals surface area contributed by atoms with Gasteiger partial charge in [-0.3, -0.25) is 4.79 Å². The number of hydrogen-bond acceptors (Lipinski definition) is 13. The van der Waals surface area contributed by atoms with Crippen LogP contribution in [0.25, 0.3) is 0 Å². The van der Waals surface area contributed by atoms with Gasteiger partial charge in [0.05, 0.1) is 32.0 Å². The summed E-state index contributed by atoms with van der Waals surface area (Å²) in [5, 5.41) is 86.9. The molecule has 9 N–H and O–H groups in total. The van der Waals surface area contributed by atoms with Gasteiger partial charge in [-0.2, -0.15) is 0 Å². The van der Waals surface area contributed by atoms with Crippen LogP contribution >= 0.6 is 0 Å². The SMILES string of the molecule is CCC/C=C\C/C=C\CCCCCCCC(=O)NC(COC1OC(CO)C(OC2OC(CO)C(O)C(O)C2O)C(O)C1O)C(O)CCCCCCCCCCCCCCCCCCCC. The molecule has 0 aromatic heterocycles. The molecule has 12 unspecified atom stereocenters. The first-order chi connectivity index (χ1) is 31.6. The van der Waals surface area contributed by atoms with Gasteiger partial charge in [0.25, 0.3) is 0 Å². The molecule has 0 aromatic carbocycles. The number of aliphatic hydroxyl groups excluding tert-OH is 8. The molecule has 2 rings (SSSR count). The van der Waals surface area contributed by atoms with E-state index in [4.69, 9.17) is 18.9 Å². The summed E-state index contributed by atoms with van der Waals surface area (Å²) in [5.41, 5.74) is 0. The second kappa shape index (κ2) is 38.3. The molecule has 14 heteroatoms. The van der Waals surface area contributed by atoms with E-state index < -0.39 is 86.8 Å². The third kappa shape index (κ3) is 25.6. The highest BCUT2D eigenvalue weighted by molar-refractivity contribution is 5.76. The van der Waals surface area contributed by atoms with Crippen LogP contribution in [0.5, 0.6) is 0 Å². The van der Waals surface area contributed by atoms with E-state index >= 15 is 0 Å². The van der Waals surface area contributed by atoms with E-state index in [9.17, 15) is 45.6 Å². The van der Waals surface area contributed by atoms with E-state index in [0.29, 0.717) is 12.8 Å². The molecule has 2 heterocycles. The Kier molecular flexibility index (Phi) is 35.1. The predicted molar refractivity (Wildman–Crippen MR) is 254 cm³/mol. The van der Waals surface area contributed by atoms with Gasteiger partial charge < -0.3 is 65.1 Å². The number of amides is 1. The monoisotopic (exact) mass is 930 g/mol. The lowest BCUT2D eigenvalue weighted by Crippen LogP contribution is -2.65. The first-order valence-corrected chi connectivity index (χ1v) is 26.1. The molecule has 0 radical (unpaired) electrons. The van der Waals surface area contributed by atoms with Crippen molar-refractivity contribution in [1.29, 1.82) is 0 Å². The molecule has 0 aliphatic carbocycles. The van der Waals surface area contributed by atoms with Crippen molar-refractivity contribution in [2.75, 3.05) is 19.8 Å². The number of nitrogens with one attached hydrogen (secondary N) is 1. The van der Waals surface area contributed by atoms with Crippen LogP contribution in [0.1, 0.15) is 200 Å². The first kappa shape index (κ1) is 59.6. The largest absolute Gasteiger partial charge is 0.394 e. The van der Waals surface area contributed by atoms with Gasteiger partial charge in [0, 0.05) is 6.42 Å². The van der Waals surface area contributed by atoms with E-state index in [-0.39, 0.29) is 18.9 Å². The molecule has 2 aliphatic heterocycles. The van der Waals surface area contributed by atoms with Crippen LogP contribution in [0.15, 0.2) is 24.3 Å². The van der Waals surface area contributed by atoms with Crippen molar-refractivity contribution in [3.05, 3.63) is 24.3 Å². The fraction of sp³-hybridized carbons (Fsp3) is 0.902. The molecule has 14 nitrogen and oxygen atoms in total. The van der Waals surface area contributed by atoms with Gasteiger partial charge in [-0.1, -0.05) is 179 Å². The van der Waals surface area contributed by atoms with Gasteiger partial charge in [0.15, 0.2) is 12.6 Å². The molecule has 12 atom stereocenters. The summed E-state index contributed by atoms with van der Waals surface area (Å²) in [6.45, 7) is 2.78. The Morgan fingerprint density at radius 1 is 0.554 bits per heavy atom. The lowest BCUT2D eigenvalue weighted by molar-refractivity contribution is -0.359. The number of aliphatic hydroxyl groups is 8. The van der Waals surface area contributed by atoms with Gasteiger partial charge in [0.2, 0.25) is 5.91 Å². The summed E-state index contributed by atoms with van der Waals surface area (Å²) in [4.78, 5) is 13.2. The molecule has 1 amide bonds. The minimum atomic E-state index is -1.78. The Hall–Kier alpha value is -1.53. The molecule has 0 spiro atoms. The van der Waals surface area contributed by atoms with Crippen LogP contribution in [-0.4, -0.2) is 140 Å². The van der Waals surface area contributed by atoms with Gasteiger partial charge in [0.1, 0.15) is 48.8 Å². The molecule has 0 saturated carbocycles. The van der Waals surface area contributed by atoms with E-state index in [1.807, 2.05) is 0 Å². The molecule has 2 saturated heterocycles. The lowest BCUT2D eigenvalue weighted by Gasteiger charge is -2.46. The Balaban J connectivity index is 1.82. The second-order valence-electron chi connectivity index (χ2n) is 18.7. The van der Waals surface area contributed by atoms with Crippen LogP contribution in [0.3, 0.4) is 0 Å². The van der Waals surface area contributed by atoms with E-state index in [1.54, 1.807) is 0 Å². The number of carbonyl (C=O) groups is 1. The summed E-state index contributed by atoms with van der Waals surface area (Å²) in [6.07, 6.45) is 24.6. The highest BCUT2D eigenvalue weighted by atomic mass is 16.7. The molecule has 65 heavy (non-hydrogen) atoms. The number of carbonyl (C=O) groups excluding carboxylic acids is 1. The van der Waals surface area contributed by atoms with Gasteiger partial charge in [-0.05, 0) is 38.5 Å². The molecule has 0 aromatic rings. The minimum Gasteiger partial charge on any atom is -0.394 e. The van der Waals surface area contributed by atoms with Gasteiger partial charge >= 0.3 is 0 Å². The van der Waals surface area contributed by atoms with Crippen LogP contribution in [0.4, 0.5) is 0 Å². The van der Waals surface area contributed by atoms with Crippen LogP contribution in [-0.2, 0) is 23.7 Å². The Morgan fingerprint density at radius 3 is 1.60 bits per heavy atom. The van der Waals surface area contributed by atoms with Crippen LogP contribution < -0.4 is 5.32 Å². The minimum absolute atomic E-state index is 0.221. The summed E-state index contributed by atoms with van der Waals surface area (Å²) >= 11 is 0. The number of rotatable bonds is 40. The molecule has 0 bridgehead atoms. The number of hydrogen-bond donors (Lipinski definition) is 9. The zero-order valence-electron chi connectivity index (χ0n) is 40.5. The molecule has 2 aliphatic rings. The van der Waals surface area contributed by atoms with Crippen molar-refractivity contribution < 1.29 is 64.6 Å². The van der Waals surface area contributed by atoms with Crippen LogP contribution in [0, 0.1) is 0 Å². The van der Waals surface area contributed by atoms with Crippen molar-refractivity contribution >= 4 is 5.91 Å². The predicted octanol–water partition coefficient (Wildman–Crippen LogP) is 6.94. The maximum Gasteiger partial charge on any atom is 0.220 e. The zero-order valence-corrected chi connectivity index (χ0v) is 40.5. The fourth-order valence-electron chi connectivity index (χ4n) is 8.63. The Morgan fingerprint density at radius 2 is 1.05 bits per heavy atom. The lowest BCUT2D eigenvalue weighted by atomic mass is 9.97. The quantitative estimate of drug-likeness (QED) is 0.0225. The third-order valence-corrected chi connectivity index (χ3v) is 12.9. The zero-order chi connectivity index (χ0) is 47.5. The van der Waals surface area contributed by atoms with E-state index in [2.05, 4.69) is 43.5 Å². The number of ether oxygens (including phenoxy) is 4. The maximum atomic E-state index is 13.2. The topological polar surface area (TPSA) is 228 Å². The van der Waals surface area contributed by atoms with Crippen LogP contribution in [0.2, 0.25) is 0 Å².